The van der Waals surface area contributed by atoms with E-state index in [4.69, 9.17) is 9.84 Å². The van der Waals surface area contributed by atoms with E-state index in [1.165, 1.54) is 5.38 Å². The first-order chi connectivity index (χ1) is 16.3. The Hall–Kier alpha value is -3.72. The number of carbonyl (C=O) groups excluding carboxylic acids is 2. The van der Waals surface area contributed by atoms with E-state index in [1.807, 2.05) is 24.3 Å². The van der Waals surface area contributed by atoms with Crippen LogP contribution in [-0.2, 0) is 16.1 Å². The molecule has 0 saturated heterocycles. The van der Waals surface area contributed by atoms with E-state index >= 15 is 0 Å². The predicted octanol–water partition coefficient (Wildman–Crippen LogP) is 4.02. The zero-order chi connectivity index (χ0) is 24.3. The average molecular weight is 480 g/mol. The van der Waals surface area contributed by atoms with Crippen molar-refractivity contribution in [2.24, 2.45) is 5.41 Å². The fourth-order valence-corrected chi connectivity index (χ4v) is 4.62. The summed E-state index contributed by atoms with van der Waals surface area (Å²) in [6.07, 6.45) is -0.589. The summed E-state index contributed by atoms with van der Waals surface area (Å²) in [7, 11) is 0. The summed E-state index contributed by atoms with van der Waals surface area (Å²) in [5.41, 5.74) is 3.61. The van der Waals surface area contributed by atoms with Crippen LogP contribution in [0.5, 0.6) is 0 Å². The third kappa shape index (κ3) is 4.94. The second kappa shape index (κ2) is 9.64. The lowest BCUT2D eigenvalue weighted by molar-refractivity contribution is -0.129. The largest absolute Gasteiger partial charge is 0.476 e. The standard InChI is InChI=1S/C25H25N3O5S/c1-25(2,23(31)26-11-21-28-20(13-34-21)22(29)30)14-27-24(32)33-12-19-17-9-5-3-7-15(17)16-8-4-6-10-18(16)19/h3-10,13,19H,11-12,14H2,1-2H3,(H,26,31)(H,27,32)(H,29,30). The molecule has 0 saturated carbocycles. The molecule has 34 heavy (non-hydrogen) atoms. The van der Waals surface area contributed by atoms with Gasteiger partial charge < -0.3 is 20.5 Å². The van der Waals surface area contributed by atoms with Crippen LogP contribution in [0, 0.1) is 5.41 Å². The maximum atomic E-state index is 12.6. The molecular weight excluding hydrogens is 454 g/mol. The van der Waals surface area contributed by atoms with Gasteiger partial charge in [-0.25, -0.2) is 14.6 Å². The number of benzene rings is 2. The van der Waals surface area contributed by atoms with E-state index in [2.05, 4.69) is 39.9 Å². The van der Waals surface area contributed by atoms with Gasteiger partial charge in [0.2, 0.25) is 5.91 Å². The summed E-state index contributed by atoms with van der Waals surface area (Å²) < 4.78 is 5.52. The van der Waals surface area contributed by atoms with Crippen molar-refractivity contribution >= 4 is 29.3 Å². The lowest BCUT2D eigenvalue weighted by atomic mass is 9.92. The summed E-state index contributed by atoms with van der Waals surface area (Å²) in [4.78, 5) is 39.9. The zero-order valence-corrected chi connectivity index (χ0v) is 19.6. The number of aromatic nitrogens is 1. The molecule has 3 N–H and O–H groups in total. The predicted molar refractivity (Wildman–Crippen MR) is 128 cm³/mol. The second-order valence-electron chi connectivity index (χ2n) is 8.68. The van der Waals surface area contributed by atoms with Gasteiger partial charge in [0, 0.05) is 17.8 Å². The summed E-state index contributed by atoms with van der Waals surface area (Å²) >= 11 is 1.16. The van der Waals surface area contributed by atoms with Crippen molar-refractivity contribution in [3.8, 4) is 11.1 Å². The number of ether oxygens (including phenoxy) is 1. The van der Waals surface area contributed by atoms with Crippen LogP contribution in [0.3, 0.4) is 0 Å². The number of thiazole rings is 1. The summed E-state index contributed by atoms with van der Waals surface area (Å²) in [5.74, 6) is -1.44. The van der Waals surface area contributed by atoms with Gasteiger partial charge in [0.05, 0.1) is 12.0 Å². The molecule has 1 heterocycles. The van der Waals surface area contributed by atoms with E-state index in [0.29, 0.717) is 5.01 Å². The van der Waals surface area contributed by atoms with Gasteiger partial charge in [0.25, 0.3) is 0 Å². The number of hydrogen-bond donors (Lipinski definition) is 3. The van der Waals surface area contributed by atoms with Gasteiger partial charge in [0.1, 0.15) is 11.6 Å². The van der Waals surface area contributed by atoms with Gasteiger partial charge in [-0.05, 0) is 36.1 Å². The Bertz CT molecular complexity index is 1190. The second-order valence-corrected chi connectivity index (χ2v) is 9.62. The minimum Gasteiger partial charge on any atom is -0.476 e. The molecule has 4 rings (SSSR count). The SMILES string of the molecule is CC(C)(CNC(=O)OCC1c2ccccc2-c2ccccc21)C(=O)NCc1nc(C(=O)O)cs1. The number of carboxylic acids is 1. The van der Waals surface area contributed by atoms with Crippen LogP contribution in [0.15, 0.2) is 53.9 Å². The highest BCUT2D eigenvalue weighted by molar-refractivity contribution is 7.09. The topological polar surface area (TPSA) is 118 Å². The van der Waals surface area contributed by atoms with Gasteiger partial charge >= 0.3 is 12.1 Å². The molecule has 9 heteroatoms. The molecule has 0 aliphatic heterocycles. The van der Waals surface area contributed by atoms with Gasteiger partial charge in [0.15, 0.2) is 5.69 Å². The Morgan fingerprint density at radius 3 is 2.24 bits per heavy atom. The fraction of sp³-hybridized carbons (Fsp3) is 0.280. The molecule has 1 aliphatic rings. The number of carboxylic acid groups (broad SMARTS) is 1. The third-order valence-electron chi connectivity index (χ3n) is 5.80. The molecule has 176 valence electrons. The maximum absolute atomic E-state index is 12.6. The van der Waals surface area contributed by atoms with Crippen molar-refractivity contribution < 1.29 is 24.2 Å². The minimum atomic E-state index is -1.11. The van der Waals surface area contributed by atoms with Gasteiger partial charge in [-0.15, -0.1) is 11.3 Å². The molecule has 0 radical (unpaired) electrons. The monoisotopic (exact) mass is 479 g/mol. The highest BCUT2D eigenvalue weighted by atomic mass is 32.1. The third-order valence-corrected chi connectivity index (χ3v) is 6.65. The number of rotatable bonds is 8. The van der Waals surface area contributed by atoms with Gasteiger partial charge in [-0.3, -0.25) is 4.79 Å². The van der Waals surface area contributed by atoms with E-state index in [-0.39, 0.29) is 37.2 Å². The number of fused-ring (bicyclic) bond motifs is 3. The van der Waals surface area contributed by atoms with Gasteiger partial charge in [-0.1, -0.05) is 48.5 Å². The number of amides is 2. The lowest BCUT2D eigenvalue weighted by Crippen LogP contribution is -2.44. The molecule has 1 aromatic heterocycles. The molecule has 0 fully saturated rings. The Morgan fingerprint density at radius 2 is 1.65 bits per heavy atom. The number of carbonyl (C=O) groups is 3. The molecule has 0 atom stereocenters. The summed E-state index contributed by atoms with van der Waals surface area (Å²) in [5, 5.41) is 16.3. The molecule has 3 aromatic rings. The Labute approximate surface area is 201 Å². The average Bonchev–Trinajstić information content (AvgIpc) is 3.43. The Morgan fingerprint density at radius 1 is 1.03 bits per heavy atom. The van der Waals surface area contributed by atoms with E-state index < -0.39 is 17.5 Å². The summed E-state index contributed by atoms with van der Waals surface area (Å²) in [6.45, 7) is 3.80. The van der Waals surface area contributed by atoms with Crippen LogP contribution in [0.1, 0.15) is 46.4 Å². The van der Waals surface area contributed by atoms with Crippen molar-refractivity contribution in [3.05, 3.63) is 75.7 Å². The van der Waals surface area contributed by atoms with Crippen molar-refractivity contribution in [3.63, 3.8) is 0 Å². The highest BCUT2D eigenvalue weighted by Gasteiger charge is 2.31. The quantitative estimate of drug-likeness (QED) is 0.449. The zero-order valence-electron chi connectivity index (χ0n) is 18.8. The maximum Gasteiger partial charge on any atom is 0.407 e. The summed E-state index contributed by atoms with van der Waals surface area (Å²) in [6, 6.07) is 16.2. The van der Waals surface area contributed by atoms with Crippen molar-refractivity contribution in [1.82, 2.24) is 15.6 Å². The normalized spacial score (nSPS) is 12.5. The van der Waals surface area contributed by atoms with Crippen LogP contribution in [-0.4, -0.2) is 41.2 Å². The Kier molecular flexibility index (Phi) is 6.65. The molecule has 0 spiro atoms. The molecule has 0 bridgehead atoms. The lowest BCUT2D eigenvalue weighted by Gasteiger charge is -2.24. The molecular formula is C25H25N3O5S. The van der Waals surface area contributed by atoms with Crippen LogP contribution in [0.2, 0.25) is 0 Å². The van der Waals surface area contributed by atoms with Crippen LogP contribution in [0.4, 0.5) is 4.79 Å². The number of hydrogen-bond acceptors (Lipinski definition) is 6. The van der Waals surface area contributed by atoms with E-state index in [0.717, 1.165) is 33.6 Å². The number of nitrogens with one attached hydrogen (secondary N) is 2. The first-order valence-corrected chi connectivity index (χ1v) is 11.7. The first kappa shape index (κ1) is 23.4. The first-order valence-electron chi connectivity index (χ1n) is 10.8. The number of nitrogens with zero attached hydrogens (tertiary/aromatic N) is 1. The van der Waals surface area contributed by atoms with Crippen LogP contribution < -0.4 is 10.6 Å². The fourth-order valence-electron chi connectivity index (χ4n) is 3.91. The van der Waals surface area contributed by atoms with Crippen LogP contribution >= 0.6 is 11.3 Å². The van der Waals surface area contributed by atoms with Crippen LogP contribution in [0.25, 0.3) is 11.1 Å². The molecule has 0 unspecified atom stereocenters. The molecule has 8 nitrogen and oxygen atoms in total. The molecule has 1 aliphatic carbocycles. The van der Waals surface area contributed by atoms with Crippen molar-refractivity contribution in [2.45, 2.75) is 26.3 Å². The molecule has 2 aromatic carbocycles. The minimum absolute atomic E-state index is 0.0385. The molecule has 2 amide bonds. The van der Waals surface area contributed by atoms with E-state index in [9.17, 15) is 14.4 Å². The number of alkyl carbamates (subject to hydrolysis) is 1. The number of aromatic carboxylic acids is 1. The highest BCUT2D eigenvalue weighted by Crippen LogP contribution is 2.44. The smallest absolute Gasteiger partial charge is 0.407 e. The Balaban J connectivity index is 1.28. The van der Waals surface area contributed by atoms with Crippen molar-refractivity contribution in [2.75, 3.05) is 13.2 Å². The van der Waals surface area contributed by atoms with Gasteiger partial charge in [-0.2, -0.15) is 0 Å². The van der Waals surface area contributed by atoms with Crippen molar-refractivity contribution in [1.29, 1.82) is 0 Å². The van der Waals surface area contributed by atoms with E-state index in [1.54, 1.807) is 13.8 Å².